The van der Waals surface area contributed by atoms with Crippen LogP contribution >= 0.6 is 22.7 Å². The molecule has 0 aromatic carbocycles. The van der Waals surface area contributed by atoms with Gasteiger partial charge in [0.25, 0.3) is 0 Å². The standard InChI is InChI=1S/C13H14N4S2/c1-7-5-19-13(15-7)17-8(2)4-10(9(17)3)11-6-18-12(14)16-11/h4-6H,1-3H3,(H2,14,16). The summed E-state index contributed by atoms with van der Waals surface area (Å²) < 4.78 is 2.17. The molecule has 0 atom stereocenters. The van der Waals surface area contributed by atoms with E-state index in [9.17, 15) is 0 Å². The topological polar surface area (TPSA) is 56.7 Å². The summed E-state index contributed by atoms with van der Waals surface area (Å²) >= 11 is 3.12. The molecule has 0 fully saturated rings. The smallest absolute Gasteiger partial charge is 0.194 e. The van der Waals surface area contributed by atoms with Crippen LogP contribution in [0.5, 0.6) is 0 Å². The Kier molecular flexibility index (Phi) is 2.91. The third-order valence-corrected chi connectivity index (χ3v) is 4.64. The largest absolute Gasteiger partial charge is 0.375 e. The van der Waals surface area contributed by atoms with Gasteiger partial charge in [-0.05, 0) is 26.8 Å². The molecule has 3 heterocycles. The van der Waals surface area contributed by atoms with Crippen molar-refractivity contribution in [1.82, 2.24) is 14.5 Å². The molecule has 3 rings (SSSR count). The molecule has 3 aromatic rings. The summed E-state index contributed by atoms with van der Waals surface area (Å²) in [4.78, 5) is 8.91. The van der Waals surface area contributed by atoms with E-state index < -0.39 is 0 Å². The van der Waals surface area contributed by atoms with E-state index in [2.05, 4.69) is 39.8 Å². The van der Waals surface area contributed by atoms with E-state index in [1.807, 2.05) is 12.3 Å². The highest BCUT2D eigenvalue weighted by Crippen LogP contribution is 2.31. The normalized spacial score (nSPS) is 11.1. The number of thiazole rings is 2. The van der Waals surface area contributed by atoms with Crippen molar-refractivity contribution in [3.05, 3.63) is 33.9 Å². The first-order valence-corrected chi connectivity index (χ1v) is 7.65. The van der Waals surface area contributed by atoms with Crippen molar-refractivity contribution in [2.24, 2.45) is 0 Å². The van der Waals surface area contributed by atoms with Crippen molar-refractivity contribution in [2.75, 3.05) is 5.73 Å². The third kappa shape index (κ3) is 2.06. The van der Waals surface area contributed by atoms with E-state index >= 15 is 0 Å². The monoisotopic (exact) mass is 290 g/mol. The Balaban J connectivity index is 2.15. The number of anilines is 1. The lowest BCUT2D eigenvalue weighted by molar-refractivity contribution is 0.943. The molecule has 19 heavy (non-hydrogen) atoms. The molecule has 0 amide bonds. The quantitative estimate of drug-likeness (QED) is 0.785. The van der Waals surface area contributed by atoms with Crippen molar-refractivity contribution >= 4 is 27.8 Å². The van der Waals surface area contributed by atoms with Crippen LogP contribution in [0, 0.1) is 20.8 Å². The summed E-state index contributed by atoms with van der Waals surface area (Å²) in [6.07, 6.45) is 0. The van der Waals surface area contributed by atoms with Crippen LogP contribution in [-0.4, -0.2) is 14.5 Å². The van der Waals surface area contributed by atoms with Crippen LogP contribution in [0.2, 0.25) is 0 Å². The van der Waals surface area contributed by atoms with Crippen LogP contribution in [0.4, 0.5) is 5.13 Å². The lowest BCUT2D eigenvalue weighted by Crippen LogP contribution is -1.98. The second-order valence-corrected chi connectivity index (χ2v) is 6.19. The molecule has 0 saturated heterocycles. The van der Waals surface area contributed by atoms with E-state index in [0.717, 1.165) is 33.5 Å². The van der Waals surface area contributed by atoms with Gasteiger partial charge in [0, 0.05) is 27.7 Å². The van der Waals surface area contributed by atoms with Gasteiger partial charge in [-0.25, -0.2) is 9.97 Å². The molecule has 98 valence electrons. The molecule has 0 aliphatic carbocycles. The molecule has 0 aliphatic rings. The van der Waals surface area contributed by atoms with Gasteiger partial charge in [-0.2, -0.15) is 0 Å². The van der Waals surface area contributed by atoms with Crippen LogP contribution in [0.3, 0.4) is 0 Å². The van der Waals surface area contributed by atoms with E-state index in [1.165, 1.54) is 11.3 Å². The average molecular weight is 290 g/mol. The number of rotatable bonds is 2. The molecule has 0 aliphatic heterocycles. The van der Waals surface area contributed by atoms with Crippen LogP contribution in [-0.2, 0) is 0 Å². The summed E-state index contributed by atoms with van der Waals surface area (Å²) in [5.41, 5.74) is 11.1. The molecular weight excluding hydrogens is 276 g/mol. The first-order chi connectivity index (χ1) is 9.06. The highest BCUT2D eigenvalue weighted by atomic mass is 32.1. The van der Waals surface area contributed by atoms with Crippen LogP contribution in [0.25, 0.3) is 16.4 Å². The van der Waals surface area contributed by atoms with Crippen LogP contribution in [0.1, 0.15) is 17.1 Å². The van der Waals surface area contributed by atoms with Gasteiger partial charge in [0.1, 0.15) is 0 Å². The van der Waals surface area contributed by atoms with Crippen molar-refractivity contribution in [3.8, 4) is 16.4 Å². The van der Waals surface area contributed by atoms with Gasteiger partial charge in [-0.1, -0.05) is 0 Å². The predicted octanol–water partition coefficient (Wildman–Crippen LogP) is 3.56. The van der Waals surface area contributed by atoms with E-state index in [-0.39, 0.29) is 0 Å². The summed E-state index contributed by atoms with van der Waals surface area (Å²) in [5, 5.41) is 5.66. The summed E-state index contributed by atoms with van der Waals surface area (Å²) in [5.74, 6) is 0. The predicted molar refractivity (Wildman–Crippen MR) is 81.2 cm³/mol. The molecule has 0 spiro atoms. The van der Waals surface area contributed by atoms with Crippen molar-refractivity contribution in [2.45, 2.75) is 20.8 Å². The minimum Gasteiger partial charge on any atom is -0.375 e. The summed E-state index contributed by atoms with van der Waals surface area (Å²) in [6, 6.07) is 2.14. The lowest BCUT2D eigenvalue weighted by Gasteiger charge is -2.04. The SMILES string of the molecule is Cc1csc(-n2c(C)cc(-c3csc(N)n3)c2C)n1. The van der Waals surface area contributed by atoms with Gasteiger partial charge in [0.05, 0.1) is 11.4 Å². The molecule has 3 aromatic heterocycles. The third-order valence-electron chi connectivity index (χ3n) is 3.03. The molecule has 0 unspecified atom stereocenters. The Morgan fingerprint density at radius 1 is 1.11 bits per heavy atom. The zero-order valence-electron chi connectivity index (χ0n) is 11.0. The second kappa shape index (κ2) is 4.47. The zero-order chi connectivity index (χ0) is 13.6. The Morgan fingerprint density at radius 3 is 2.47 bits per heavy atom. The number of aromatic nitrogens is 3. The van der Waals surface area contributed by atoms with Crippen molar-refractivity contribution in [3.63, 3.8) is 0 Å². The minimum absolute atomic E-state index is 0.602. The molecule has 0 bridgehead atoms. The maximum Gasteiger partial charge on any atom is 0.194 e. The van der Waals surface area contributed by atoms with Gasteiger partial charge in [-0.15, -0.1) is 22.7 Å². The fourth-order valence-electron chi connectivity index (χ4n) is 2.17. The van der Waals surface area contributed by atoms with Crippen LogP contribution in [0.15, 0.2) is 16.8 Å². The number of nitrogens with two attached hydrogens (primary N) is 1. The van der Waals surface area contributed by atoms with Crippen molar-refractivity contribution in [1.29, 1.82) is 0 Å². The molecular formula is C13H14N4S2. The van der Waals surface area contributed by atoms with Crippen molar-refractivity contribution < 1.29 is 0 Å². The van der Waals surface area contributed by atoms with Crippen LogP contribution < -0.4 is 5.73 Å². The van der Waals surface area contributed by atoms with Gasteiger partial charge in [0.15, 0.2) is 10.3 Å². The Hall–Kier alpha value is -1.66. The van der Waals surface area contributed by atoms with Gasteiger partial charge in [-0.3, -0.25) is 4.57 Å². The highest BCUT2D eigenvalue weighted by molar-refractivity contribution is 7.13. The molecule has 0 saturated carbocycles. The number of aryl methyl sites for hydroxylation is 2. The summed E-state index contributed by atoms with van der Waals surface area (Å²) in [7, 11) is 0. The van der Waals surface area contributed by atoms with E-state index in [4.69, 9.17) is 5.73 Å². The fourth-order valence-corrected chi connectivity index (χ4v) is 3.65. The fraction of sp³-hybridized carbons (Fsp3) is 0.231. The second-order valence-electron chi connectivity index (χ2n) is 4.46. The Morgan fingerprint density at radius 2 is 1.89 bits per heavy atom. The number of hydrogen-bond acceptors (Lipinski definition) is 5. The van der Waals surface area contributed by atoms with E-state index in [0.29, 0.717) is 5.13 Å². The number of nitrogens with zero attached hydrogens (tertiary/aromatic N) is 3. The lowest BCUT2D eigenvalue weighted by atomic mass is 10.2. The molecule has 2 N–H and O–H groups in total. The minimum atomic E-state index is 0.602. The number of hydrogen-bond donors (Lipinski definition) is 1. The summed E-state index contributed by atoms with van der Waals surface area (Å²) in [6.45, 7) is 6.19. The molecule has 0 radical (unpaired) electrons. The van der Waals surface area contributed by atoms with E-state index in [1.54, 1.807) is 11.3 Å². The first kappa shape index (κ1) is 12.4. The van der Waals surface area contributed by atoms with Gasteiger partial charge >= 0.3 is 0 Å². The average Bonchev–Trinajstić information content (AvgIpc) is 3.01. The first-order valence-electron chi connectivity index (χ1n) is 5.89. The maximum absolute atomic E-state index is 5.72. The Labute approximate surface area is 119 Å². The van der Waals surface area contributed by atoms with Gasteiger partial charge in [0.2, 0.25) is 0 Å². The molecule has 4 nitrogen and oxygen atoms in total. The Bertz CT molecular complexity index is 736. The molecule has 6 heteroatoms. The highest BCUT2D eigenvalue weighted by Gasteiger charge is 2.15. The zero-order valence-corrected chi connectivity index (χ0v) is 12.6. The number of nitrogen functional groups attached to an aromatic ring is 1. The maximum atomic E-state index is 5.72. The van der Waals surface area contributed by atoms with Gasteiger partial charge < -0.3 is 5.73 Å².